The molecule has 1 aromatic rings. The van der Waals surface area contributed by atoms with Gasteiger partial charge in [-0.2, -0.15) is 0 Å². The molecule has 0 atom stereocenters. The van der Waals surface area contributed by atoms with Crippen molar-refractivity contribution in [1.29, 1.82) is 0 Å². The summed E-state index contributed by atoms with van der Waals surface area (Å²) in [5.41, 5.74) is 0.349. The molecule has 1 N–H and O–H groups in total. The molecule has 0 spiro atoms. The Bertz CT molecular complexity index is 342. The lowest BCUT2D eigenvalue weighted by Gasteiger charge is -2.07. The number of nitrogens with one attached hydrogen (secondary N) is 1. The second kappa shape index (κ2) is 4.81. The molecule has 0 saturated carbocycles. The summed E-state index contributed by atoms with van der Waals surface area (Å²) in [6.07, 6.45) is 1.47. The van der Waals surface area contributed by atoms with E-state index in [0.717, 1.165) is 0 Å². The molecule has 0 unspecified atom stereocenters. The number of carbonyl (C=O) groups is 1. The van der Waals surface area contributed by atoms with Gasteiger partial charge in [-0.3, -0.25) is 0 Å². The third-order valence-electron chi connectivity index (χ3n) is 1.59. The van der Waals surface area contributed by atoms with E-state index in [-0.39, 0.29) is 0 Å². The summed E-state index contributed by atoms with van der Waals surface area (Å²) in [5.74, 6) is 0.0414. The summed E-state index contributed by atoms with van der Waals surface area (Å²) in [6, 6.07) is 1.53. The van der Waals surface area contributed by atoms with Gasteiger partial charge in [0.25, 0.3) is 0 Å². The fourth-order valence-electron chi connectivity index (χ4n) is 1.00. The van der Waals surface area contributed by atoms with E-state index in [4.69, 9.17) is 16.3 Å². The molecule has 76 valence electrons. The fraction of sp³-hybridized carbons (Fsp3) is 0.333. The molecule has 0 aromatic carbocycles. The van der Waals surface area contributed by atoms with Crippen LogP contribution in [-0.4, -0.2) is 24.6 Å². The average Bonchev–Trinajstić information content (AvgIpc) is 2.18. The molecule has 0 aliphatic heterocycles. The lowest BCUT2D eigenvalue weighted by atomic mass is 10.2. The number of ether oxygens (including phenoxy) is 1. The van der Waals surface area contributed by atoms with E-state index in [1.54, 1.807) is 14.0 Å². The van der Waals surface area contributed by atoms with Crippen molar-refractivity contribution in [2.75, 3.05) is 19.0 Å². The maximum absolute atomic E-state index is 11.4. The first-order valence-corrected chi connectivity index (χ1v) is 4.57. The lowest BCUT2D eigenvalue weighted by molar-refractivity contribution is 0.0527. The SMILES string of the molecule is CCOC(=O)c1cc(Cl)cnc1NC. The van der Waals surface area contributed by atoms with Crippen LogP contribution in [0.3, 0.4) is 0 Å². The van der Waals surface area contributed by atoms with E-state index in [0.29, 0.717) is 23.0 Å². The molecule has 0 fully saturated rings. The topological polar surface area (TPSA) is 51.2 Å². The molecule has 0 saturated heterocycles. The molecule has 1 rings (SSSR count). The highest BCUT2D eigenvalue weighted by atomic mass is 35.5. The zero-order chi connectivity index (χ0) is 10.6. The van der Waals surface area contributed by atoms with Gasteiger partial charge in [-0.25, -0.2) is 9.78 Å². The van der Waals surface area contributed by atoms with Gasteiger partial charge in [0.15, 0.2) is 0 Å². The van der Waals surface area contributed by atoms with Crippen molar-refractivity contribution in [3.63, 3.8) is 0 Å². The Hall–Kier alpha value is -1.29. The Balaban J connectivity index is 3.03. The minimum Gasteiger partial charge on any atom is -0.462 e. The molecule has 0 amide bonds. The van der Waals surface area contributed by atoms with Crippen LogP contribution in [-0.2, 0) is 4.74 Å². The van der Waals surface area contributed by atoms with Gasteiger partial charge < -0.3 is 10.1 Å². The lowest BCUT2D eigenvalue weighted by Crippen LogP contribution is -2.09. The molecule has 0 bridgehead atoms. The number of rotatable bonds is 3. The molecular formula is C9H11ClN2O2. The first-order chi connectivity index (χ1) is 6.69. The molecule has 0 aliphatic carbocycles. The molecule has 5 heteroatoms. The number of hydrogen-bond donors (Lipinski definition) is 1. The Labute approximate surface area is 87.2 Å². The largest absolute Gasteiger partial charge is 0.462 e. The van der Waals surface area contributed by atoms with Gasteiger partial charge in [0.1, 0.15) is 11.4 Å². The Morgan fingerprint density at radius 3 is 3.00 bits per heavy atom. The average molecular weight is 215 g/mol. The quantitative estimate of drug-likeness (QED) is 0.782. The van der Waals surface area contributed by atoms with Gasteiger partial charge in [-0.15, -0.1) is 0 Å². The summed E-state index contributed by atoms with van der Waals surface area (Å²) in [4.78, 5) is 15.4. The van der Waals surface area contributed by atoms with Gasteiger partial charge in [-0.05, 0) is 13.0 Å². The number of halogens is 1. The minimum absolute atomic E-state index is 0.328. The number of anilines is 1. The summed E-state index contributed by atoms with van der Waals surface area (Å²) in [7, 11) is 1.68. The van der Waals surface area contributed by atoms with Gasteiger partial charge in [0.2, 0.25) is 0 Å². The molecule has 0 radical (unpaired) electrons. The van der Waals surface area contributed by atoms with Gasteiger partial charge >= 0.3 is 5.97 Å². The molecule has 14 heavy (non-hydrogen) atoms. The van der Waals surface area contributed by atoms with E-state index in [1.807, 2.05) is 0 Å². The van der Waals surface area contributed by atoms with Crippen molar-refractivity contribution >= 4 is 23.4 Å². The number of nitrogens with zero attached hydrogens (tertiary/aromatic N) is 1. The van der Waals surface area contributed by atoms with Crippen LogP contribution in [0.1, 0.15) is 17.3 Å². The molecule has 1 aromatic heterocycles. The maximum Gasteiger partial charge on any atom is 0.341 e. The van der Waals surface area contributed by atoms with Gasteiger partial charge in [0, 0.05) is 13.2 Å². The van der Waals surface area contributed by atoms with Crippen molar-refractivity contribution in [2.45, 2.75) is 6.92 Å². The van der Waals surface area contributed by atoms with E-state index >= 15 is 0 Å². The van der Waals surface area contributed by atoms with Crippen LogP contribution in [0.15, 0.2) is 12.3 Å². The van der Waals surface area contributed by atoms with Crippen LogP contribution in [0.5, 0.6) is 0 Å². The van der Waals surface area contributed by atoms with Crippen LogP contribution >= 0.6 is 11.6 Å². The van der Waals surface area contributed by atoms with Crippen LogP contribution in [0.4, 0.5) is 5.82 Å². The van der Waals surface area contributed by atoms with Gasteiger partial charge in [0.05, 0.1) is 11.6 Å². The highest BCUT2D eigenvalue weighted by Crippen LogP contribution is 2.17. The summed E-state index contributed by atoms with van der Waals surface area (Å²) >= 11 is 5.72. The van der Waals surface area contributed by atoms with Crippen molar-refractivity contribution in [2.24, 2.45) is 0 Å². The smallest absolute Gasteiger partial charge is 0.341 e. The van der Waals surface area contributed by atoms with Crippen LogP contribution in [0.25, 0.3) is 0 Å². The first-order valence-electron chi connectivity index (χ1n) is 4.19. The summed E-state index contributed by atoms with van der Waals surface area (Å²) in [5, 5.41) is 3.20. The van der Waals surface area contributed by atoms with Crippen LogP contribution in [0, 0.1) is 0 Å². The predicted molar refractivity (Wildman–Crippen MR) is 54.8 cm³/mol. The molecule has 0 aliphatic rings. The van der Waals surface area contributed by atoms with E-state index in [2.05, 4.69) is 10.3 Å². The second-order valence-electron chi connectivity index (χ2n) is 2.52. The standard InChI is InChI=1S/C9H11ClN2O2/c1-3-14-9(13)7-4-6(10)5-12-8(7)11-2/h4-5H,3H2,1-2H3,(H,11,12). The minimum atomic E-state index is -0.424. The van der Waals surface area contributed by atoms with Crippen LogP contribution in [0.2, 0.25) is 5.02 Å². The molecule has 1 heterocycles. The monoisotopic (exact) mass is 214 g/mol. The third kappa shape index (κ3) is 2.35. The Morgan fingerprint density at radius 2 is 2.43 bits per heavy atom. The van der Waals surface area contributed by atoms with Crippen molar-refractivity contribution < 1.29 is 9.53 Å². The highest BCUT2D eigenvalue weighted by Gasteiger charge is 2.13. The summed E-state index contributed by atoms with van der Waals surface area (Å²) in [6.45, 7) is 2.07. The van der Waals surface area contributed by atoms with Crippen LogP contribution < -0.4 is 5.32 Å². The highest BCUT2D eigenvalue weighted by molar-refractivity contribution is 6.30. The van der Waals surface area contributed by atoms with Crippen molar-refractivity contribution in [3.8, 4) is 0 Å². The summed E-state index contributed by atoms with van der Waals surface area (Å²) < 4.78 is 4.85. The van der Waals surface area contributed by atoms with Crippen molar-refractivity contribution in [3.05, 3.63) is 22.8 Å². The van der Waals surface area contributed by atoms with E-state index < -0.39 is 5.97 Å². The third-order valence-corrected chi connectivity index (χ3v) is 1.79. The first kappa shape index (κ1) is 10.8. The fourth-order valence-corrected chi connectivity index (χ4v) is 1.16. The number of hydrogen-bond acceptors (Lipinski definition) is 4. The normalized spacial score (nSPS) is 9.64. The Morgan fingerprint density at radius 1 is 1.71 bits per heavy atom. The van der Waals surface area contributed by atoms with Gasteiger partial charge in [-0.1, -0.05) is 11.6 Å². The zero-order valence-electron chi connectivity index (χ0n) is 8.00. The second-order valence-corrected chi connectivity index (χ2v) is 2.96. The number of carbonyl (C=O) groups excluding carboxylic acids is 1. The number of pyridine rings is 1. The number of aromatic nitrogens is 1. The maximum atomic E-state index is 11.4. The molecule has 4 nitrogen and oxygen atoms in total. The Kier molecular flexibility index (Phi) is 3.71. The van der Waals surface area contributed by atoms with E-state index in [1.165, 1.54) is 12.3 Å². The predicted octanol–water partition coefficient (Wildman–Crippen LogP) is 1.95. The zero-order valence-corrected chi connectivity index (χ0v) is 8.76. The molecular weight excluding hydrogens is 204 g/mol. The van der Waals surface area contributed by atoms with E-state index in [9.17, 15) is 4.79 Å². The van der Waals surface area contributed by atoms with Crippen molar-refractivity contribution in [1.82, 2.24) is 4.98 Å². The number of esters is 1.